The van der Waals surface area contributed by atoms with E-state index >= 15 is 0 Å². The quantitative estimate of drug-likeness (QED) is 0.336. The van der Waals surface area contributed by atoms with Crippen molar-refractivity contribution in [3.05, 3.63) is 52.5 Å². The highest BCUT2D eigenvalue weighted by atomic mass is 79.9. The van der Waals surface area contributed by atoms with Gasteiger partial charge in [0.1, 0.15) is 0 Å². The number of thiazole rings is 1. The van der Waals surface area contributed by atoms with E-state index in [0.29, 0.717) is 6.54 Å². The summed E-state index contributed by atoms with van der Waals surface area (Å²) in [5, 5.41) is 0.758. The molecular weight excluding hydrogens is 490 g/mol. The second kappa shape index (κ2) is 11.3. The van der Waals surface area contributed by atoms with Crippen molar-refractivity contribution in [1.29, 1.82) is 0 Å². The second-order valence-corrected chi connectivity index (χ2v) is 9.88. The number of carbonyl (C=O) groups is 1. The molecule has 0 saturated carbocycles. The topological polar surface area (TPSA) is 36.4 Å². The summed E-state index contributed by atoms with van der Waals surface area (Å²) < 4.78 is 2.09. The minimum atomic E-state index is 0. The van der Waals surface area contributed by atoms with Crippen LogP contribution in [0.3, 0.4) is 0 Å². The molecule has 1 aromatic heterocycles. The van der Waals surface area contributed by atoms with E-state index in [0.717, 1.165) is 49.0 Å². The molecule has 8 heteroatoms. The van der Waals surface area contributed by atoms with Crippen LogP contribution >= 0.6 is 51.4 Å². The molecule has 3 rings (SSSR count). The lowest BCUT2D eigenvalue weighted by atomic mass is 10.2. The molecule has 0 N–H and O–H groups in total. The number of fused-ring (bicyclic) bond motifs is 1. The molecular formula is C21H25BrClN3OS2. The number of halogens is 2. The molecule has 1 heterocycles. The SMILES string of the molecule is CCSc1ccccc1C(=O)N(CCCN(C)C)c1nc2ccc(Br)cc2s1.Cl. The van der Waals surface area contributed by atoms with Gasteiger partial charge in [-0.25, -0.2) is 4.98 Å². The summed E-state index contributed by atoms with van der Waals surface area (Å²) in [7, 11) is 4.10. The zero-order chi connectivity index (χ0) is 20.1. The molecule has 0 saturated heterocycles. The number of hydrogen-bond donors (Lipinski definition) is 0. The smallest absolute Gasteiger partial charge is 0.261 e. The van der Waals surface area contributed by atoms with Crippen molar-refractivity contribution >= 4 is 72.7 Å². The highest BCUT2D eigenvalue weighted by molar-refractivity contribution is 9.10. The Bertz CT molecular complexity index is 964. The lowest BCUT2D eigenvalue weighted by Gasteiger charge is -2.22. The van der Waals surface area contributed by atoms with Crippen LogP contribution in [0.1, 0.15) is 23.7 Å². The molecule has 0 radical (unpaired) electrons. The van der Waals surface area contributed by atoms with Crippen molar-refractivity contribution in [1.82, 2.24) is 9.88 Å². The molecule has 4 nitrogen and oxygen atoms in total. The first kappa shape index (κ1) is 24.2. The van der Waals surface area contributed by atoms with E-state index in [4.69, 9.17) is 4.98 Å². The third-order valence-electron chi connectivity index (χ3n) is 4.22. The van der Waals surface area contributed by atoms with Gasteiger partial charge in [-0.3, -0.25) is 9.69 Å². The van der Waals surface area contributed by atoms with Crippen molar-refractivity contribution in [2.45, 2.75) is 18.2 Å². The van der Waals surface area contributed by atoms with Gasteiger partial charge in [0.2, 0.25) is 0 Å². The van der Waals surface area contributed by atoms with Gasteiger partial charge in [0, 0.05) is 15.9 Å². The number of anilines is 1. The first-order valence-corrected chi connectivity index (χ1v) is 11.8. The monoisotopic (exact) mass is 513 g/mol. The van der Waals surface area contributed by atoms with Crippen LogP contribution in [0.4, 0.5) is 5.13 Å². The zero-order valence-corrected chi connectivity index (χ0v) is 20.8. The minimum absolute atomic E-state index is 0. The summed E-state index contributed by atoms with van der Waals surface area (Å²) in [4.78, 5) is 23.3. The Kier molecular flexibility index (Phi) is 9.43. The van der Waals surface area contributed by atoms with Gasteiger partial charge in [-0.2, -0.15) is 0 Å². The third kappa shape index (κ3) is 6.18. The fourth-order valence-corrected chi connectivity index (χ4v) is 5.24. The summed E-state index contributed by atoms with van der Waals surface area (Å²) >= 11 is 6.78. The van der Waals surface area contributed by atoms with Gasteiger partial charge in [0.05, 0.1) is 15.8 Å². The highest BCUT2D eigenvalue weighted by Crippen LogP contribution is 2.33. The predicted octanol–water partition coefficient (Wildman–Crippen LogP) is 6.19. The van der Waals surface area contributed by atoms with E-state index in [2.05, 4.69) is 47.9 Å². The predicted molar refractivity (Wildman–Crippen MR) is 132 cm³/mol. The lowest BCUT2D eigenvalue weighted by molar-refractivity contribution is 0.0983. The zero-order valence-electron chi connectivity index (χ0n) is 16.7. The van der Waals surface area contributed by atoms with Crippen LogP contribution in [0.15, 0.2) is 51.8 Å². The Labute approximate surface area is 195 Å². The largest absolute Gasteiger partial charge is 0.309 e. The minimum Gasteiger partial charge on any atom is -0.309 e. The Morgan fingerprint density at radius 3 is 2.66 bits per heavy atom. The second-order valence-electron chi connectivity index (χ2n) is 6.65. The average Bonchev–Trinajstić information content (AvgIpc) is 3.08. The van der Waals surface area contributed by atoms with Gasteiger partial charge in [-0.05, 0) is 63.1 Å². The van der Waals surface area contributed by atoms with E-state index in [1.54, 1.807) is 23.1 Å². The van der Waals surface area contributed by atoms with Gasteiger partial charge in [-0.1, -0.05) is 46.3 Å². The van der Waals surface area contributed by atoms with Crippen molar-refractivity contribution in [3.63, 3.8) is 0 Å². The number of nitrogens with zero attached hydrogens (tertiary/aromatic N) is 3. The highest BCUT2D eigenvalue weighted by Gasteiger charge is 2.23. The van der Waals surface area contributed by atoms with Crippen LogP contribution in [0.2, 0.25) is 0 Å². The number of aromatic nitrogens is 1. The number of amides is 1. The van der Waals surface area contributed by atoms with Crippen molar-refractivity contribution in [3.8, 4) is 0 Å². The van der Waals surface area contributed by atoms with Crippen molar-refractivity contribution < 1.29 is 4.79 Å². The fourth-order valence-electron chi connectivity index (χ4n) is 2.90. The summed E-state index contributed by atoms with van der Waals surface area (Å²) in [6.07, 6.45) is 0.890. The molecule has 0 aliphatic heterocycles. The molecule has 156 valence electrons. The summed E-state index contributed by atoms with van der Waals surface area (Å²) in [6, 6.07) is 13.9. The fraction of sp³-hybridized carbons (Fsp3) is 0.333. The van der Waals surface area contributed by atoms with E-state index in [1.807, 2.05) is 41.3 Å². The maximum absolute atomic E-state index is 13.5. The average molecular weight is 515 g/mol. The third-order valence-corrected chi connectivity index (χ3v) is 6.71. The molecule has 0 fully saturated rings. The molecule has 0 unspecified atom stereocenters. The van der Waals surface area contributed by atoms with Crippen molar-refractivity contribution in [2.24, 2.45) is 0 Å². The molecule has 0 aliphatic carbocycles. The number of carbonyl (C=O) groups excluding carboxylic acids is 1. The van der Waals surface area contributed by atoms with Gasteiger partial charge < -0.3 is 4.90 Å². The van der Waals surface area contributed by atoms with E-state index in [-0.39, 0.29) is 18.3 Å². The standard InChI is InChI=1S/C21H24BrN3OS2.ClH/c1-4-27-18-9-6-5-8-16(18)20(26)25(13-7-12-24(2)3)21-23-17-11-10-15(22)14-19(17)28-21;/h5-6,8-11,14H,4,7,12-13H2,1-3H3;1H. The Hall–Kier alpha value is -1.12. The molecule has 2 aromatic carbocycles. The first-order chi connectivity index (χ1) is 13.5. The number of thioether (sulfide) groups is 1. The van der Waals surface area contributed by atoms with Crippen LogP contribution in [0, 0.1) is 0 Å². The number of benzene rings is 2. The van der Waals surface area contributed by atoms with Crippen LogP contribution in [-0.2, 0) is 0 Å². The van der Waals surface area contributed by atoms with E-state index in [9.17, 15) is 4.79 Å². The van der Waals surface area contributed by atoms with Crippen molar-refractivity contribution in [2.75, 3.05) is 37.8 Å². The molecule has 0 bridgehead atoms. The van der Waals surface area contributed by atoms with E-state index in [1.165, 1.54) is 0 Å². The molecule has 0 aliphatic rings. The van der Waals surface area contributed by atoms with Crippen LogP contribution in [0.5, 0.6) is 0 Å². The van der Waals surface area contributed by atoms with Crippen LogP contribution < -0.4 is 4.90 Å². The Balaban J connectivity index is 0.00000300. The lowest BCUT2D eigenvalue weighted by Crippen LogP contribution is -2.33. The summed E-state index contributed by atoms with van der Waals surface area (Å²) in [6.45, 7) is 3.67. The Morgan fingerprint density at radius 1 is 1.17 bits per heavy atom. The van der Waals surface area contributed by atoms with Gasteiger partial charge in [0.15, 0.2) is 5.13 Å². The maximum atomic E-state index is 13.5. The molecule has 29 heavy (non-hydrogen) atoms. The molecule has 1 amide bonds. The summed E-state index contributed by atoms with van der Waals surface area (Å²) in [5.74, 6) is 0.952. The number of hydrogen-bond acceptors (Lipinski definition) is 5. The Morgan fingerprint density at radius 2 is 1.93 bits per heavy atom. The van der Waals surface area contributed by atoms with Gasteiger partial charge >= 0.3 is 0 Å². The first-order valence-electron chi connectivity index (χ1n) is 9.24. The normalized spacial score (nSPS) is 10.9. The van der Waals surface area contributed by atoms with E-state index < -0.39 is 0 Å². The van der Waals surface area contributed by atoms with Crippen LogP contribution in [-0.4, -0.2) is 48.7 Å². The van der Waals surface area contributed by atoms with Gasteiger partial charge in [-0.15, -0.1) is 24.2 Å². The summed E-state index contributed by atoms with van der Waals surface area (Å²) in [5.41, 5.74) is 1.67. The van der Waals surface area contributed by atoms with Crippen LogP contribution in [0.25, 0.3) is 10.2 Å². The molecule has 3 aromatic rings. The van der Waals surface area contributed by atoms with Gasteiger partial charge in [0.25, 0.3) is 5.91 Å². The number of rotatable bonds is 8. The molecule has 0 spiro atoms. The maximum Gasteiger partial charge on any atom is 0.261 e. The molecule has 0 atom stereocenters.